The molecule has 82 valence electrons. The highest BCUT2D eigenvalue weighted by atomic mass is 16.7. The Kier molecular flexibility index (Phi) is 3.36. The summed E-state index contributed by atoms with van der Waals surface area (Å²) in [6, 6.07) is 8.30. The number of hydrogen-bond acceptors (Lipinski definition) is 3. The van der Waals surface area contributed by atoms with Crippen molar-refractivity contribution in [3.05, 3.63) is 35.4 Å². The second-order valence-corrected chi connectivity index (χ2v) is 4.09. The van der Waals surface area contributed by atoms with E-state index in [0.29, 0.717) is 13.2 Å². The quantitative estimate of drug-likeness (QED) is 0.815. The number of β-amino-alcohol motifs (C(OH)–C–C–N with tert-alkyl or cyclic N) is 1. The minimum absolute atomic E-state index is 0.219. The molecule has 1 aromatic carbocycles. The molecule has 0 saturated carbocycles. The summed E-state index contributed by atoms with van der Waals surface area (Å²) in [5.74, 6) is 0. The van der Waals surface area contributed by atoms with Crippen LogP contribution < -0.4 is 0 Å². The Bertz CT molecular complexity index is 310. The molecular formula is C12H17NO2. The smallest absolute Gasteiger partial charge is 0.0935 e. The van der Waals surface area contributed by atoms with E-state index in [1.807, 2.05) is 5.06 Å². The number of hydrogen-bond donors (Lipinski definition) is 1. The molecule has 1 saturated heterocycles. The van der Waals surface area contributed by atoms with Gasteiger partial charge >= 0.3 is 0 Å². The SMILES string of the molecule is Cc1ccc(CON2CC[C@H](O)C2)cc1. The van der Waals surface area contributed by atoms with Crippen molar-refractivity contribution in [3.63, 3.8) is 0 Å². The van der Waals surface area contributed by atoms with Crippen LogP contribution in [0.25, 0.3) is 0 Å². The number of aliphatic hydroxyl groups is 1. The Morgan fingerprint density at radius 1 is 1.40 bits per heavy atom. The molecule has 0 spiro atoms. The van der Waals surface area contributed by atoms with Crippen LogP contribution in [0.2, 0.25) is 0 Å². The molecule has 1 fully saturated rings. The standard InChI is InChI=1S/C12H17NO2/c1-10-2-4-11(5-3-10)9-15-13-7-6-12(14)8-13/h2-5,12,14H,6-9H2,1H3/t12-/m0/s1. The Labute approximate surface area is 90.2 Å². The van der Waals surface area contributed by atoms with Crippen LogP contribution >= 0.6 is 0 Å². The minimum atomic E-state index is -0.219. The molecule has 15 heavy (non-hydrogen) atoms. The van der Waals surface area contributed by atoms with Crippen LogP contribution in [0.4, 0.5) is 0 Å². The van der Waals surface area contributed by atoms with Gasteiger partial charge in [-0.05, 0) is 18.9 Å². The molecule has 0 aromatic heterocycles. The summed E-state index contributed by atoms with van der Waals surface area (Å²) < 4.78 is 0. The van der Waals surface area contributed by atoms with E-state index in [1.165, 1.54) is 11.1 Å². The average Bonchev–Trinajstić information content (AvgIpc) is 2.64. The lowest BCUT2D eigenvalue weighted by molar-refractivity contribution is -0.158. The van der Waals surface area contributed by atoms with E-state index >= 15 is 0 Å². The van der Waals surface area contributed by atoms with Crippen LogP contribution in [0, 0.1) is 6.92 Å². The van der Waals surface area contributed by atoms with Crippen molar-refractivity contribution in [1.82, 2.24) is 5.06 Å². The van der Waals surface area contributed by atoms with Gasteiger partial charge in [0.05, 0.1) is 19.3 Å². The molecule has 1 aliphatic rings. The van der Waals surface area contributed by atoms with Gasteiger partial charge in [-0.25, -0.2) is 0 Å². The molecular weight excluding hydrogens is 190 g/mol. The summed E-state index contributed by atoms with van der Waals surface area (Å²) in [6.07, 6.45) is 0.594. The highest BCUT2D eigenvalue weighted by Gasteiger charge is 2.20. The van der Waals surface area contributed by atoms with Crippen LogP contribution in [0.1, 0.15) is 17.5 Å². The van der Waals surface area contributed by atoms with E-state index in [1.54, 1.807) is 0 Å². The zero-order chi connectivity index (χ0) is 10.7. The molecule has 1 heterocycles. The second kappa shape index (κ2) is 4.75. The lowest BCUT2D eigenvalue weighted by atomic mass is 10.2. The van der Waals surface area contributed by atoms with Crippen molar-refractivity contribution >= 4 is 0 Å². The summed E-state index contributed by atoms with van der Waals surface area (Å²) in [4.78, 5) is 5.57. The van der Waals surface area contributed by atoms with E-state index in [0.717, 1.165) is 13.0 Å². The summed E-state index contributed by atoms with van der Waals surface area (Å²) >= 11 is 0. The predicted octanol–water partition coefficient (Wildman–Crippen LogP) is 1.49. The van der Waals surface area contributed by atoms with Gasteiger partial charge in [0.1, 0.15) is 0 Å². The fraction of sp³-hybridized carbons (Fsp3) is 0.500. The van der Waals surface area contributed by atoms with Crippen molar-refractivity contribution in [2.45, 2.75) is 26.1 Å². The Hall–Kier alpha value is -0.900. The lowest BCUT2D eigenvalue weighted by Gasteiger charge is -2.14. The third kappa shape index (κ3) is 3.02. The Morgan fingerprint density at radius 3 is 2.73 bits per heavy atom. The maximum absolute atomic E-state index is 9.31. The van der Waals surface area contributed by atoms with Crippen molar-refractivity contribution in [3.8, 4) is 0 Å². The Morgan fingerprint density at radius 2 is 2.13 bits per heavy atom. The fourth-order valence-electron chi connectivity index (χ4n) is 1.68. The van der Waals surface area contributed by atoms with Crippen LogP contribution in [-0.4, -0.2) is 29.4 Å². The normalized spacial score (nSPS) is 22.1. The topological polar surface area (TPSA) is 32.7 Å². The van der Waals surface area contributed by atoms with Crippen molar-refractivity contribution < 1.29 is 9.94 Å². The first-order valence-electron chi connectivity index (χ1n) is 5.35. The summed E-state index contributed by atoms with van der Waals surface area (Å²) in [5.41, 5.74) is 2.43. The number of hydroxylamine groups is 2. The molecule has 2 rings (SSSR count). The summed E-state index contributed by atoms with van der Waals surface area (Å²) in [7, 11) is 0. The summed E-state index contributed by atoms with van der Waals surface area (Å²) in [5, 5.41) is 11.1. The molecule has 1 N–H and O–H groups in total. The number of aliphatic hydroxyl groups excluding tert-OH is 1. The Balaban J connectivity index is 1.80. The number of aryl methyl sites for hydroxylation is 1. The number of nitrogens with zero attached hydrogens (tertiary/aromatic N) is 1. The molecule has 3 heteroatoms. The number of rotatable bonds is 3. The van der Waals surface area contributed by atoms with Gasteiger partial charge in [0.2, 0.25) is 0 Å². The highest BCUT2D eigenvalue weighted by molar-refractivity contribution is 5.20. The third-order valence-corrected chi connectivity index (χ3v) is 2.66. The number of benzene rings is 1. The molecule has 0 bridgehead atoms. The molecule has 1 atom stereocenters. The van der Waals surface area contributed by atoms with E-state index in [2.05, 4.69) is 31.2 Å². The zero-order valence-corrected chi connectivity index (χ0v) is 9.02. The molecule has 0 amide bonds. The van der Waals surface area contributed by atoms with Gasteiger partial charge in [-0.3, -0.25) is 4.84 Å². The first-order valence-corrected chi connectivity index (χ1v) is 5.35. The largest absolute Gasteiger partial charge is 0.392 e. The fourth-order valence-corrected chi connectivity index (χ4v) is 1.68. The van der Waals surface area contributed by atoms with Gasteiger partial charge in [0.15, 0.2) is 0 Å². The van der Waals surface area contributed by atoms with Crippen LogP contribution in [0.15, 0.2) is 24.3 Å². The van der Waals surface area contributed by atoms with Gasteiger partial charge in [-0.2, -0.15) is 5.06 Å². The van der Waals surface area contributed by atoms with Crippen molar-refractivity contribution in [2.24, 2.45) is 0 Å². The third-order valence-electron chi connectivity index (χ3n) is 2.66. The molecule has 0 aliphatic carbocycles. The summed E-state index contributed by atoms with van der Waals surface area (Å²) in [6.45, 7) is 4.12. The molecule has 1 aliphatic heterocycles. The first-order chi connectivity index (χ1) is 7.24. The lowest BCUT2D eigenvalue weighted by Crippen LogP contribution is -2.22. The van der Waals surface area contributed by atoms with Crippen LogP contribution in [0.5, 0.6) is 0 Å². The molecule has 0 unspecified atom stereocenters. The molecule has 3 nitrogen and oxygen atoms in total. The minimum Gasteiger partial charge on any atom is -0.392 e. The van der Waals surface area contributed by atoms with Gasteiger partial charge in [0, 0.05) is 6.54 Å². The van der Waals surface area contributed by atoms with E-state index in [9.17, 15) is 5.11 Å². The maximum atomic E-state index is 9.31. The molecule has 0 radical (unpaired) electrons. The zero-order valence-electron chi connectivity index (χ0n) is 9.02. The highest BCUT2D eigenvalue weighted by Crippen LogP contribution is 2.11. The van der Waals surface area contributed by atoms with E-state index in [4.69, 9.17) is 4.84 Å². The first kappa shape index (κ1) is 10.6. The monoisotopic (exact) mass is 207 g/mol. The maximum Gasteiger partial charge on any atom is 0.0935 e. The van der Waals surface area contributed by atoms with Gasteiger partial charge in [0.25, 0.3) is 0 Å². The van der Waals surface area contributed by atoms with E-state index in [-0.39, 0.29) is 6.10 Å². The molecule has 1 aromatic rings. The predicted molar refractivity (Wildman–Crippen MR) is 58.2 cm³/mol. The van der Waals surface area contributed by atoms with Gasteiger partial charge in [-0.15, -0.1) is 0 Å². The van der Waals surface area contributed by atoms with E-state index < -0.39 is 0 Å². The van der Waals surface area contributed by atoms with Gasteiger partial charge < -0.3 is 5.11 Å². The second-order valence-electron chi connectivity index (χ2n) is 4.09. The van der Waals surface area contributed by atoms with Crippen LogP contribution in [-0.2, 0) is 11.4 Å². The van der Waals surface area contributed by atoms with Crippen LogP contribution in [0.3, 0.4) is 0 Å². The van der Waals surface area contributed by atoms with Crippen molar-refractivity contribution in [2.75, 3.05) is 13.1 Å². The van der Waals surface area contributed by atoms with Crippen molar-refractivity contribution in [1.29, 1.82) is 0 Å². The average molecular weight is 207 g/mol. The van der Waals surface area contributed by atoms with Gasteiger partial charge in [-0.1, -0.05) is 29.8 Å².